The molecule has 0 radical (unpaired) electrons. The van der Waals surface area contributed by atoms with E-state index in [4.69, 9.17) is 5.11 Å². The maximum Gasteiger partial charge on any atom is 0.354 e. The zero-order valence-electron chi connectivity index (χ0n) is 9.43. The van der Waals surface area contributed by atoms with Crippen LogP contribution in [0.3, 0.4) is 0 Å². The minimum Gasteiger partial charge on any atom is -0.477 e. The van der Waals surface area contributed by atoms with Gasteiger partial charge in [-0.1, -0.05) is 0 Å². The molecule has 0 saturated carbocycles. The molecule has 0 aliphatic rings. The van der Waals surface area contributed by atoms with Crippen LogP contribution >= 0.6 is 0 Å². The van der Waals surface area contributed by atoms with Crippen molar-refractivity contribution in [1.29, 1.82) is 0 Å². The van der Waals surface area contributed by atoms with Crippen LogP contribution in [0.25, 0.3) is 0 Å². The van der Waals surface area contributed by atoms with Crippen LogP contribution in [0.2, 0.25) is 0 Å². The highest BCUT2D eigenvalue weighted by Crippen LogP contribution is 2.03. The van der Waals surface area contributed by atoms with Crippen molar-refractivity contribution in [1.82, 2.24) is 15.3 Å². The molecule has 0 spiro atoms. The van der Waals surface area contributed by atoms with E-state index in [1.807, 2.05) is 0 Å². The van der Waals surface area contributed by atoms with Gasteiger partial charge >= 0.3 is 5.97 Å². The van der Waals surface area contributed by atoms with Gasteiger partial charge in [0.1, 0.15) is 12.1 Å². The number of nitrogens with one attached hydrogen (secondary N) is 2. The van der Waals surface area contributed by atoms with E-state index in [1.165, 1.54) is 19.3 Å². The molecule has 0 atom stereocenters. The lowest BCUT2D eigenvalue weighted by Gasteiger charge is -2.05. The number of rotatable bonds is 6. The highest BCUT2D eigenvalue weighted by atomic mass is 16.4. The molecule has 3 N–H and O–H groups in total. The first-order chi connectivity index (χ1) is 8.09. The maximum absolute atomic E-state index is 10.6. The smallest absolute Gasteiger partial charge is 0.354 e. The van der Waals surface area contributed by atoms with E-state index in [0.717, 1.165) is 6.42 Å². The van der Waals surface area contributed by atoms with Crippen molar-refractivity contribution < 1.29 is 14.7 Å². The van der Waals surface area contributed by atoms with E-state index in [1.54, 1.807) is 0 Å². The highest BCUT2D eigenvalue weighted by molar-refractivity contribution is 5.85. The van der Waals surface area contributed by atoms with Gasteiger partial charge in [0.15, 0.2) is 5.69 Å². The molecule has 0 unspecified atom stereocenters. The summed E-state index contributed by atoms with van der Waals surface area (Å²) in [6.45, 7) is 2.62. The fourth-order valence-electron chi connectivity index (χ4n) is 1.14. The molecule has 1 aromatic rings. The Balaban J connectivity index is 2.34. The second-order valence-corrected chi connectivity index (χ2v) is 3.36. The first-order valence-corrected chi connectivity index (χ1v) is 5.13. The normalized spacial score (nSPS) is 9.71. The number of carbonyl (C=O) groups excluding carboxylic acids is 1. The van der Waals surface area contributed by atoms with Crippen LogP contribution in [0, 0.1) is 0 Å². The average molecular weight is 238 g/mol. The number of aromatic carboxylic acids is 1. The van der Waals surface area contributed by atoms with E-state index >= 15 is 0 Å². The van der Waals surface area contributed by atoms with Gasteiger partial charge in [-0.05, 0) is 6.42 Å². The summed E-state index contributed by atoms with van der Waals surface area (Å²) in [6.07, 6.45) is 1.92. The number of hydrogen-bond donors (Lipinski definition) is 3. The molecule has 1 rings (SSSR count). The number of carboxylic acids is 1. The van der Waals surface area contributed by atoms with Crippen LogP contribution < -0.4 is 10.6 Å². The molecule has 0 fully saturated rings. The largest absolute Gasteiger partial charge is 0.477 e. The Morgan fingerprint density at radius 2 is 2.12 bits per heavy atom. The summed E-state index contributed by atoms with van der Waals surface area (Å²) in [4.78, 5) is 28.7. The Kier molecular flexibility index (Phi) is 4.86. The van der Waals surface area contributed by atoms with Crippen LogP contribution in [0.15, 0.2) is 12.4 Å². The number of carboxylic acid groups (broad SMARTS) is 1. The second kappa shape index (κ2) is 6.41. The van der Waals surface area contributed by atoms with E-state index in [0.29, 0.717) is 18.9 Å². The van der Waals surface area contributed by atoms with Gasteiger partial charge in [0, 0.05) is 26.1 Å². The number of amides is 1. The monoisotopic (exact) mass is 238 g/mol. The van der Waals surface area contributed by atoms with Gasteiger partial charge in [-0.2, -0.15) is 0 Å². The minimum absolute atomic E-state index is 0.0515. The third-order valence-electron chi connectivity index (χ3n) is 1.92. The molecule has 0 aliphatic carbocycles. The molecule has 7 heteroatoms. The van der Waals surface area contributed by atoms with Crippen LogP contribution in [-0.4, -0.2) is 40.0 Å². The Morgan fingerprint density at radius 3 is 2.76 bits per heavy atom. The zero-order chi connectivity index (χ0) is 12.7. The molecule has 0 bridgehead atoms. The standard InChI is InChI=1S/C10H14N4O3/c1-7(15)11-3-2-4-12-9-5-8(10(16)17)13-6-14-9/h5-6H,2-4H2,1H3,(H,11,15)(H,16,17)(H,12,13,14). The predicted molar refractivity (Wildman–Crippen MR) is 60.8 cm³/mol. The van der Waals surface area contributed by atoms with Crippen molar-refractivity contribution in [2.45, 2.75) is 13.3 Å². The van der Waals surface area contributed by atoms with Crippen molar-refractivity contribution in [3.05, 3.63) is 18.1 Å². The fraction of sp³-hybridized carbons (Fsp3) is 0.400. The maximum atomic E-state index is 10.6. The highest BCUT2D eigenvalue weighted by Gasteiger charge is 2.05. The molecule has 0 aliphatic heterocycles. The second-order valence-electron chi connectivity index (χ2n) is 3.36. The topological polar surface area (TPSA) is 104 Å². The molecule has 7 nitrogen and oxygen atoms in total. The molecule has 1 heterocycles. The molecular weight excluding hydrogens is 224 g/mol. The SMILES string of the molecule is CC(=O)NCCCNc1cc(C(=O)O)ncn1. The number of aromatic nitrogens is 2. The van der Waals surface area contributed by atoms with E-state index in [-0.39, 0.29) is 11.6 Å². The van der Waals surface area contributed by atoms with E-state index < -0.39 is 5.97 Å². The molecule has 0 aromatic carbocycles. The van der Waals surface area contributed by atoms with Gasteiger partial charge in [-0.3, -0.25) is 4.79 Å². The summed E-state index contributed by atoms with van der Waals surface area (Å²) in [7, 11) is 0. The lowest BCUT2D eigenvalue weighted by Crippen LogP contribution is -2.22. The summed E-state index contributed by atoms with van der Waals surface area (Å²) in [5.41, 5.74) is -0.0515. The fourth-order valence-corrected chi connectivity index (χ4v) is 1.14. The van der Waals surface area contributed by atoms with Gasteiger partial charge in [-0.25, -0.2) is 14.8 Å². The molecule has 17 heavy (non-hydrogen) atoms. The molecule has 1 amide bonds. The molecular formula is C10H14N4O3. The van der Waals surface area contributed by atoms with Gasteiger partial charge in [0.05, 0.1) is 0 Å². The van der Waals surface area contributed by atoms with Crippen LogP contribution in [0.4, 0.5) is 5.82 Å². The Bertz CT molecular complexity index is 408. The van der Waals surface area contributed by atoms with Crippen LogP contribution in [-0.2, 0) is 4.79 Å². The van der Waals surface area contributed by atoms with Crippen LogP contribution in [0.5, 0.6) is 0 Å². The van der Waals surface area contributed by atoms with Crippen molar-refractivity contribution in [2.75, 3.05) is 18.4 Å². The van der Waals surface area contributed by atoms with Gasteiger partial charge in [-0.15, -0.1) is 0 Å². The predicted octanol–water partition coefficient (Wildman–Crippen LogP) is 0.113. The summed E-state index contributed by atoms with van der Waals surface area (Å²) in [6, 6.07) is 1.36. The minimum atomic E-state index is -1.09. The first-order valence-electron chi connectivity index (χ1n) is 5.13. The quantitative estimate of drug-likeness (QED) is 0.608. The molecule has 1 aromatic heterocycles. The van der Waals surface area contributed by atoms with Gasteiger partial charge in [0.2, 0.25) is 5.91 Å². The van der Waals surface area contributed by atoms with Gasteiger partial charge in [0.25, 0.3) is 0 Å². The summed E-state index contributed by atoms with van der Waals surface area (Å²) in [5, 5.41) is 14.3. The summed E-state index contributed by atoms with van der Waals surface area (Å²) in [5.74, 6) is -0.700. The van der Waals surface area contributed by atoms with E-state index in [9.17, 15) is 9.59 Å². The van der Waals surface area contributed by atoms with Crippen LogP contribution in [0.1, 0.15) is 23.8 Å². The van der Waals surface area contributed by atoms with Crippen molar-refractivity contribution in [2.24, 2.45) is 0 Å². The van der Waals surface area contributed by atoms with Crippen molar-refractivity contribution in [3.8, 4) is 0 Å². The Morgan fingerprint density at radius 1 is 1.35 bits per heavy atom. The van der Waals surface area contributed by atoms with Crippen molar-refractivity contribution >= 4 is 17.7 Å². The number of carbonyl (C=O) groups is 2. The zero-order valence-corrected chi connectivity index (χ0v) is 9.43. The summed E-state index contributed by atoms with van der Waals surface area (Å²) < 4.78 is 0. The van der Waals surface area contributed by atoms with E-state index in [2.05, 4.69) is 20.6 Å². The Hall–Kier alpha value is -2.18. The number of anilines is 1. The third kappa shape index (κ3) is 4.92. The number of nitrogens with zero attached hydrogens (tertiary/aromatic N) is 2. The first kappa shape index (κ1) is 12.9. The van der Waals surface area contributed by atoms with Gasteiger partial charge < -0.3 is 15.7 Å². The third-order valence-corrected chi connectivity index (χ3v) is 1.92. The Labute approximate surface area is 98.3 Å². The molecule has 0 saturated heterocycles. The average Bonchev–Trinajstić information content (AvgIpc) is 2.28. The lowest BCUT2D eigenvalue weighted by atomic mass is 10.3. The van der Waals surface area contributed by atoms with Crippen molar-refractivity contribution in [3.63, 3.8) is 0 Å². The molecule has 92 valence electrons. The summed E-state index contributed by atoms with van der Waals surface area (Å²) >= 11 is 0. The lowest BCUT2D eigenvalue weighted by molar-refractivity contribution is -0.118. The number of hydrogen-bond acceptors (Lipinski definition) is 5.